The first-order chi connectivity index (χ1) is 9.74. The lowest BCUT2D eigenvalue weighted by atomic mass is 10.1. The summed E-state index contributed by atoms with van der Waals surface area (Å²) in [5.41, 5.74) is 0.910. The van der Waals surface area contributed by atoms with E-state index in [4.69, 9.17) is 5.26 Å². The summed E-state index contributed by atoms with van der Waals surface area (Å²) in [7, 11) is 0. The highest BCUT2D eigenvalue weighted by Crippen LogP contribution is 2.30. The molecule has 2 aromatic rings. The van der Waals surface area contributed by atoms with E-state index in [-0.39, 0.29) is 5.69 Å². The fraction of sp³-hybridized carbons (Fsp3) is 0.286. The van der Waals surface area contributed by atoms with E-state index in [1.165, 1.54) is 12.3 Å². The van der Waals surface area contributed by atoms with E-state index in [2.05, 4.69) is 16.4 Å². The number of anilines is 1. The largest absolute Gasteiger partial charge is 0.385 e. The lowest BCUT2D eigenvalue weighted by Gasteiger charge is -2.09. The van der Waals surface area contributed by atoms with Gasteiger partial charge in [0.2, 0.25) is 0 Å². The fourth-order valence-corrected chi connectivity index (χ4v) is 2.04. The maximum Gasteiger partial charge on any atom is 0.278 e. The summed E-state index contributed by atoms with van der Waals surface area (Å²) in [6.45, 7) is 0.733. The highest BCUT2D eigenvalue weighted by Gasteiger charge is 2.13. The lowest BCUT2D eigenvalue weighted by Crippen LogP contribution is -2.02. The molecule has 0 amide bonds. The third kappa shape index (κ3) is 3.01. The van der Waals surface area contributed by atoms with Gasteiger partial charge in [-0.3, -0.25) is 15.1 Å². The normalized spacial score (nSPS) is 10.2. The topological polar surface area (TPSA) is 91.8 Å². The molecule has 1 heterocycles. The second kappa shape index (κ2) is 6.48. The maximum absolute atomic E-state index is 11.0. The number of aromatic nitrogens is 1. The summed E-state index contributed by atoms with van der Waals surface area (Å²) in [6.07, 6.45) is 5.40. The average Bonchev–Trinajstić information content (AvgIpc) is 2.46. The molecule has 0 fully saturated rings. The van der Waals surface area contributed by atoms with Crippen LogP contribution in [0.1, 0.15) is 19.3 Å². The van der Waals surface area contributed by atoms with Crippen LogP contribution in [0.4, 0.5) is 11.4 Å². The van der Waals surface area contributed by atoms with Crippen molar-refractivity contribution in [1.29, 1.82) is 5.26 Å². The Balaban J connectivity index is 2.21. The van der Waals surface area contributed by atoms with Gasteiger partial charge in [0.15, 0.2) is 0 Å². The molecule has 0 radical (unpaired) electrons. The highest BCUT2D eigenvalue weighted by atomic mass is 16.6. The molecule has 0 bridgehead atoms. The molecule has 0 aliphatic carbocycles. The van der Waals surface area contributed by atoms with Crippen LogP contribution in [0.2, 0.25) is 0 Å². The van der Waals surface area contributed by atoms with Crippen LogP contribution in [-0.4, -0.2) is 16.5 Å². The molecule has 102 valence electrons. The molecule has 0 unspecified atom stereocenters. The molecule has 0 saturated carbocycles. The molecule has 0 saturated heterocycles. The quantitative estimate of drug-likeness (QED) is 0.494. The first kappa shape index (κ1) is 13.7. The summed E-state index contributed by atoms with van der Waals surface area (Å²) in [5.74, 6) is 0. The Bertz CT molecular complexity index is 664. The predicted molar refractivity (Wildman–Crippen MR) is 76.4 cm³/mol. The molecule has 1 aromatic carbocycles. The zero-order valence-corrected chi connectivity index (χ0v) is 10.9. The zero-order valence-electron chi connectivity index (χ0n) is 10.9. The number of nitrogens with one attached hydrogen (secondary N) is 1. The average molecular weight is 270 g/mol. The van der Waals surface area contributed by atoms with Crippen LogP contribution in [-0.2, 0) is 0 Å². The number of hydrogen-bond acceptors (Lipinski definition) is 5. The molecule has 1 aromatic heterocycles. The van der Waals surface area contributed by atoms with Crippen LogP contribution in [0.3, 0.4) is 0 Å². The van der Waals surface area contributed by atoms with Gasteiger partial charge < -0.3 is 5.32 Å². The summed E-state index contributed by atoms with van der Waals surface area (Å²) < 4.78 is 0. The van der Waals surface area contributed by atoms with Gasteiger partial charge in [-0.25, -0.2) is 0 Å². The third-order valence-electron chi connectivity index (χ3n) is 3.02. The first-order valence-corrected chi connectivity index (χ1v) is 6.36. The van der Waals surface area contributed by atoms with Crippen molar-refractivity contribution in [1.82, 2.24) is 4.98 Å². The van der Waals surface area contributed by atoms with Crippen molar-refractivity contribution in [3.8, 4) is 6.07 Å². The van der Waals surface area contributed by atoms with E-state index in [1.807, 2.05) is 0 Å². The Kier molecular flexibility index (Phi) is 4.45. The number of pyridine rings is 1. The van der Waals surface area contributed by atoms with E-state index in [1.54, 1.807) is 18.3 Å². The van der Waals surface area contributed by atoms with Crippen LogP contribution in [0.25, 0.3) is 10.8 Å². The van der Waals surface area contributed by atoms with E-state index in [9.17, 15) is 10.1 Å². The number of hydrogen-bond donors (Lipinski definition) is 1. The van der Waals surface area contributed by atoms with E-state index < -0.39 is 4.92 Å². The molecule has 1 N–H and O–H groups in total. The van der Waals surface area contributed by atoms with Gasteiger partial charge in [-0.2, -0.15) is 5.26 Å². The van der Waals surface area contributed by atoms with Crippen LogP contribution >= 0.6 is 0 Å². The summed E-state index contributed by atoms with van der Waals surface area (Å²) >= 11 is 0. The summed E-state index contributed by atoms with van der Waals surface area (Å²) in [4.78, 5) is 14.5. The number of nitriles is 1. The van der Waals surface area contributed by atoms with Crippen molar-refractivity contribution in [2.75, 3.05) is 11.9 Å². The number of rotatable bonds is 6. The monoisotopic (exact) mass is 270 g/mol. The van der Waals surface area contributed by atoms with Crippen molar-refractivity contribution in [2.45, 2.75) is 19.3 Å². The maximum atomic E-state index is 11.0. The molecule has 0 atom stereocenters. The second-order valence-corrected chi connectivity index (χ2v) is 4.35. The van der Waals surface area contributed by atoms with Crippen molar-refractivity contribution in [2.24, 2.45) is 0 Å². The zero-order chi connectivity index (χ0) is 14.4. The minimum Gasteiger partial charge on any atom is -0.385 e. The van der Waals surface area contributed by atoms with Gasteiger partial charge in [0.1, 0.15) is 0 Å². The summed E-state index contributed by atoms with van der Waals surface area (Å²) in [5, 5.41) is 24.0. The number of non-ortho nitro benzene ring substituents is 1. The van der Waals surface area contributed by atoms with Gasteiger partial charge in [-0.15, -0.1) is 0 Å². The highest BCUT2D eigenvalue weighted by molar-refractivity contribution is 5.99. The number of nitrogens with zero attached hydrogens (tertiary/aromatic N) is 3. The van der Waals surface area contributed by atoms with Gasteiger partial charge in [-0.1, -0.05) is 0 Å². The molecule has 2 rings (SSSR count). The van der Waals surface area contributed by atoms with Crippen LogP contribution in [0, 0.1) is 21.4 Å². The molecule has 0 aliphatic rings. The van der Waals surface area contributed by atoms with Crippen molar-refractivity contribution < 1.29 is 4.92 Å². The minimum atomic E-state index is -0.402. The Morgan fingerprint density at radius 3 is 2.90 bits per heavy atom. The molecule has 6 nitrogen and oxygen atoms in total. The number of nitro benzene ring substituents is 1. The number of unbranched alkanes of at least 4 members (excludes halogenated alkanes) is 2. The summed E-state index contributed by atoms with van der Waals surface area (Å²) in [6, 6.07) is 7.07. The molecule has 20 heavy (non-hydrogen) atoms. The fourth-order valence-electron chi connectivity index (χ4n) is 2.04. The van der Waals surface area contributed by atoms with E-state index >= 15 is 0 Å². The van der Waals surface area contributed by atoms with Crippen LogP contribution < -0.4 is 5.32 Å². The molecule has 6 heteroatoms. The predicted octanol–water partition coefficient (Wildman–Crippen LogP) is 3.25. The molecular weight excluding hydrogens is 256 g/mol. The smallest absolute Gasteiger partial charge is 0.278 e. The van der Waals surface area contributed by atoms with Crippen molar-refractivity contribution in [3.63, 3.8) is 0 Å². The van der Waals surface area contributed by atoms with Crippen LogP contribution in [0.15, 0.2) is 30.6 Å². The second-order valence-electron chi connectivity index (χ2n) is 4.35. The lowest BCUT2D eigenvalue weighted by molar-refractivity contribution is -0.383. The van der Waals surface area contributed by atoms with E-state index in [0.29, 0.717) is 11.8 Å². The van der Waals surface area contributed by atoms with Gasteiger partial charge in [0.25, 0.3) is 5.69 Å². The van der Waals surface area contributed by atoms with Crippen molar-refractivity contribution in [3.05, 3.63) is 40.7 Å². The number of fused-ring (bicyclic) bond motifs is 1. The van der Waals surface area contributed by atoms with Gasteiger partial charge >= 0.3 is 0 Å². The third-order valence-corrected chi connectivity index (χ3v) is 3.02. The SMILES string of the molecule is N#CCCCCNc1ccc([N+](=O)[O-])c2cnccc12. The minimum absolute atomic E-state index is 0.0585. The van der Waals surface area contributed by atoms with Gasteiger partial charge in [0, 0.05) is 42.5 Å². The Labute approximate surface area is 116 Å². The van der Waals surface area contributed by atoms with Crippen LogP contribution in [0.5, 0.6) is 0 Å². The standard InChI is InChI=1S/C14H14N4O2/c15-7-2-1-3-8-17-13-4-5-14(18(19)20)12-10-16-9-6-11(12)13/h4-6,9-10,17H,1-3,8H2. The van der Waals surface area contributed by atoms with Crippen molar-refractivity contribution >= 4 is 22.1 Å². The van der Waals surface area contributed by atoms with Gasteiger partial charge in [0.05, 0.1) is 16.4 Å². The number of benzene rings is 1. The van der Waals surface area contributed by atoms with Gasteiger partial charge in [-0.05, 0) is 25.0 Å². The van der Waals surface area contributed by atoms with E-state index in [0.717, 1.165) is 30.5 Å². The molecular formula is C14H14N4O2. The molecule has 0 aliphatic heterocycles. The molecule has 0 spiro atoms. The Hall–Kier alpha value is -2.68. The Morgan fingerprint density at radius 1 is 1.30 bits per heavy atom. The first-order valence-electron chi connectivity index (χ1n) is 6.36. The Morgan fingerprint density at radius 2 is 2.15 bits per heavy atom. The number of nitro groups is 1.